The summed E-state index contributed by atoms with van der Waals surface area (Å²) >= 11 is 1.79. The zero-order valence-electron chi connectivity index (χ0n) is 29.9. The molecule has 3 nitrogen and oxygen atoms in total. The highest BCUT2D eigenvalue weighted by Gasteiger charge is 2.18. The van der Waals surface area contributed by atoms with Gasteiger partial charge in [0, 0.05) is 36.9 Å². The Morgan fingerprint density at radius 1 is 0.377 bits per heavy atom. The van der Waals surface area contributed by atoms with Gasteiger partial charge in [0.25, 0.3) is 0 Å². The number of fused-ring (bicyclic) bond motifs is 3. The third kappa shape index (κ3) is 6.50. The number of hydrogen-bond acceptors (Lipinski definition) is 4. The average Bonchev–Trinajstić information content (AvgIpc) is 3.60. The lowest BCUT2D eigenvalue weighted by Crippen LogP contribution is -2.37. The standard InChI is InChI=1S/C48H37N3SSi/c1-53(2,3)40-27-25-32(26-28-40)34-15-9-16-35(29-34)36-17-10-18-37(30-36)38-19-11-20-39(31-38)47-49-46(33-13-5-4-6-14-33)50-48(51-47)43-23-12-22-42-41-21-7-8-24-44(41)52-45(42)43/h4-31H,1-3H3. The molecule has 0 aliphatic rings. The van der Waals surface area contributed by atoms with Crippen LogP contribution in [0.1, 0.15) is 0 Å². The lowest BCUT2D eigenvalue weighted by Gasteiger charge is -2.17. The van der Waals surface area contributed by atoms with E-state index in [0.29, 0.717) is 17.5 Å². The van der Waals surface area contributed by atoms with Gasteiger partial charge in [0.15, 0.2) is 17.5 Å². The average molecular weight is 716 g/mol. The highest BCUT2D eigenvalue weighted by Crippen LogP contribution is 2.40. The summed E-state index contributed by atoms with van der Waals surface area (Å²) < 4.78 is 2.44. The molecule has 5 heteroatoms. The second kappa shape index (κ2) is 13.5. The van der Waals surface area contributed by atoms with Crippen molar-refractivity contribution in [3.05, 3.63) is 170 Å². The third-order valence-corrected chi connectivity index (χ3v) is 13.2. The molecule has 9 aromatic rings. The topological polar surface area (TPSA) is 38.7 Å². The van der Waals surface area contributed by atoms with E-state index in [9.17, 15) is 0 Å². The highest BCUT2D eigenvalue weighted by molar-refractivity contribution is 7.26. The molecule has 53 heavy (non-hydrogen) atoms. The van der Waals surface area contributed by atoms with E-state index >= 15 is 0 Å². The van der Waals surface area contributed by atoms with Crippen molar-refractivity contribution in [2.75, 3.05) is 0 Å². The molecule has 0 atom stereocenters. The molecule has 0 fully saturated rings. The van der Waals surface area contributed by atoms with Gasteiger partial charge in [-0.3, -0.25) is 0 Å². The molecule has 0 aliphatic heterocycles. The van der Waals surface area contributed by atoms with Gasteiger partial charge in [-0.2, -0.15) is 0 Å². The lowest BCUT2D eigenvalue weighted by atomic mass is 9.95. The van der Waals surface area contributed by atoms with Crippen molar-refractivity contribution in [1.29, 1.82) is 0 Å². The van der Waals surface area contributed by atoms with Crippen LogP contribution in [0.25, 0.3) is 87.7 Å². The van der Waals surface area contributed by atoms with Crippen LogP contribution >= 0.6 is 11.3 Å². The molecule has 0 aliphatic carbocycles. The van der Waals surface area contributed by atoms with Gasteiger partial charge in [-0.1, -0.05) is 164 Å². The van der Waals surface area contributed by atoms with Crippen LogP contribution in [0.4, 0.5) is 0 Å². The molecule has 7 aromatic carbocycles. The van der Waals surface area contributed by atoms with Crippen LogP contribution in [0.15, 0.2) is 170 Å². The Morgan fingerprint density at radius 2 is 0.849 bits per heavy atom. The van der Waals surface area contributed by atoms with Gasteiger partial charge in [-0.25, -0.2) is 15.0 Å². The second-order valence-electron chi connectivity index (χ2n) is 14.5. The number of rotatable bonds is 7. The minimum absolute atomic E-state index is 0.651. The molecule has 254 valence electrons. The van der Waals surface area contributed by atoms with E-state index in [4.69, 9.17) is 15.0 Å². The molecule has 0 saturated carbocycles. The maximum atomic E-state index is 5.16. The quantitative estimate of drug-likeness (QED) is 0.154. The Kier molecular flexibility index (Phi) is 8.38. The van der Waals surface area contributed by atoms with Gasteiger partial charge in [-0.05, 0) is 63.7 Å². The van der Waals surface area contributed by atoms with Crippen LogP contribution in [-0.4, -0.2) is 23.0 Å². The molecule has 0 saturated heterocycles. The van der Waals surface area contributed by atoms with E-state index in [1.807, 2.05) is 18.2 Å². The zero-order valence-corrected chi connectivity index (χ0v) is 31.7. The summed E-state index contributed by atoms with van der Waals surface area (Å²) in [5.41, 5.74) is 10.0. The van der Waals surface area contributed by atoms with Crippen LogP contribution in [0.3, 0.4) is 0 Å². The summed E-state index contributed by atoms with van der Waals surface area (Å²) in [4.78, 5) is 15.3. The van der Waals surface area contributed by atoms with Gasteiger partial charge in [0.05, 0.1) is 8.07 Å². The minimum Gasteiger partial charge on any atom is -0.208 e. The predicted molar refractivity (Wildman–Crippen MR) is 228 cm³/mol. The van der Waals surface area contributed by atoms with Crippen molar-refractivity contribution >= 4 is 44.8 Å². The number of nitrogens with zero attached hydrogens (tertiary/aromatic N) is 3. The smallest absolute Gasteiger partial charge is 0.165 e. The van der Waals surface area contributed by atoms with E-state index < -0.39 is 8.07 Å². The molecule has 0 radical (unpaired) electrons. The fraction of sp³-hybridized carbons (Fsp3) is 0.0625. The minimum atomic E-state index is -1.35. The fourth-order valence-electron chi connectivity index (χ4n) is 7.02. The number of aromatic nitrogens is 3. The Labute approximate surface area is 315 Å². The SMILES string of the molecule is C[Si](C)(C)c1ccc(-c2cccc(-c3cccc(-c4cccc(-c5nc(-c6ccccc6)nc(-c6cccc7c6sc6ccccc67)n5)c4)c3)c2)cc1. The first kappa shape index (κ1) is 32.9. The summed E-state index contributed by atoms with van der Waals surface area (Å²) in [6.45, 7) is 7.17. The van der Waals surface area contributed by atoms with Crippen molar-refractivity contribution in [1.82, 2.24) is 15.0 Å². The monoisotopic (exact) mass is 715 g/mol. The van der Waals surface area contributed by atoms with Crippen molar-refractivity contribution in [3.63, 3.8) is 0 Å². The summed E-state index contributed by atoms with van der Waals surface area (Å²) in [6, 6.07) is 60.6. The Morgan fingerprint density at radius 3 is 1.49 bits per heavy atom. The maximum absolute atomic E-state index is 5.16. The molecule has 2 heterocycles. The van der Waals surface area contributed by atoms with E-state index in [1.54, 1.807) is 11.3 Å². The first-order chi connectivity index (χ1) is 25.9. The zero-order chi connectivity index (χ0) is 35.9. The van der Waals surface area contributed by atoms with E-state index in [2.05, 4.69) is 171 Å². The normalized spacial score (nSPS) is 11.7. The van der Waals surface area contributed by atoms with Gasteiger partial charge in [0.2, 0.25) is 0 Å². The molecule has 9 rings (SSSR count). The lowest BCUT2D eigenvalue weighted by molar-refractivity contribution is 1.08. The Balaban J connectivity index is 1.10. The number of hydrogen-bond donors (Lipinski definition) is 0. The van der Waals surface area contributed by atoms with Gasteiger partial charge in [0.1, 0.15) is 0 Å². The van der Waals surface area contributed by atoms with Crippen molar-refractivity contribution in [3.8, 4) is 67.5 Å². The van der Waals surface area contributed by atoms with E-state index in [-0.39, 0.29) is 0 Å². The predicted octanol–water partition coefficient (Wildman–Crippen LogP) is 12.8. The molecule has 2 aromatic heterocycles. The molecule has 0 amide bonds. The van der Waals surface area contributed by atoms with Gasteiger partial charge >= 0.3 is 0 Å². The maximum Gasteiger partial charge on any atom is 0.165 e. The summed E-state index contributed by atoms with van der Waals surface area (Å²) in [7, 11) is -1.35. The largest absolute Gasteiger partial charge is 0.208 e. The summed E-state index contributed by atoms with van der Waals surface area (Å²) in [6.07, 6.45) is 0. The molecule has 0 spiro atoms. The van der Waals surface area contributed by atoms with Crippen LogP contribution < -0.4 is 5.19 Å². The fourth-order valence-corrected chi connectivity index (χ4v) is 9.40. The molecule has 0 bridgehead atoms. The molecule has 0 unspecified atom stereocenters. The van der Waals surface area contributed by atoms with E-state index in [0.717, 1.165) is 27.8 Å². The third-order valence-electron chi connectivity index (χ3n) is 9.91. The van der Waals surface area contributed by atoms with Gasteiger partial charge < -0.3 is 0 Å². The van der Waals surface area contributed by atoms with Crippen molar-refractivity contribution < 1.29 is 0 Å². The first-order valence-electron chi connectivity index (χ1n) is 18.0. The number of thiophene rings is 1. The molecular weight excluding hydrogens is 679 g/mol. The summed E-state index contributed by atoms with van der Waals surface area (Å²) in [5, 5.41) is 3.95. The first-order valence-corrected chi connectivity index (χ1v) is 22.3. The van der Waals surface area contributed by atoms with Gasteiger partial charge in [-0.15, -0.1) is 11.3 Å². The second-order valence-corrected chi connectivity index (χ2v) is 20.7. The Hall–Kier alpha value is -6.01. The van der Waals surface area contributed by atoms with Crippen LogP contribution in [-0.2, 0) is 0 Å². The molecule has 0 N–H and O–H groups in total. The number of benzene rings is 7. The summed E-state index contributed by atoms with van der Waals surface area (Å²) in [5.74, 6) is 1.98. The Bertz CT molecular complexity index is 2760. The van der Waals surface area contributed by atoms with Crippen LogP contribution in [0.2, 0.25) is 19.6 Å². The van der Waals surface area contributed by atoms with Crippen LogP contribution in [0.5, 0.6) is 0 Å². The van der Waals surface area contributed by atoms with E-state index in [1.165, 1.54) is 47.6 Å². The highest BCUT2D eigenvalue weighted by atomic mass is 32.1. The molecular formula is C48H37N3SSi. The van der Waals surface area contributed by atoms with Crippen LogP contribution in [0, 0.1) is 0 Å². The van der Waals surface area contributed by atoms with Crippen molar-refractivity contribution in [2.24, 2.45) is 0 Å². The van der Waals surface area contributed by atoms with Crippen molar-refractivity contribution in [2.45, 2.75) is 19.6 Å².